The Balaban J connectivity index is 1.64. The maximum absolute atomic E-state index is 12.9. The van der Waals surface area contributed by atoms with Crippen molar-refractivity contribution in [2.45, 2.75) is 11.8 Å². The Hall–Kier alpha value is -3.19. The van der Waals surface area contributed by atoms with Crippen LogP contribution in [0.15, 0.2) is 65.6 Å². The lowest BCUT2D eigenvalue weighted by Gasteiger charge is -2.18. The fourth-order valence-electron chi connectivity index (χ4n) is 3.28. The Morgan fingerprint density at radius 1 is 1.00 bits per heavy atom. The first kappa shape index (κ1) is 17.2. The topological polar surface area (TPSA) is 83.6 Å². The lowest BCUT2D eigenvalue weighted by molar-refractivity contribution is -0.114. The van der Waals surface area contributed by atoms with Gasteiger partial charge in [0.2, 0.25) is 5.91 Å². The van der Waals surface area contributed by atoms with Crippen LogP contribution in [0, 0.1) is 0 Å². The number of sulfonamides is 1. The van der Waals surface area contributed by atoms with E-state index in [9.17, 15) is 18.0 Å². The molecule has 0 aromatic heterocycles. The van der Waals surface area contributed by atoms with Gasteiger partial charge >= 0.3 is 0 Å². The highest BCUT2D eigenvalue weighted by Gasteiger charge is 2.36. The molecular formula is C20H16N2O4S. The summed E-state index contributed by atoms with van der Waals surface area (Å²) in [7, 11) is -3.79. The van der Waals surface area contributed by atoms with Crippen molar-refractivity contribution in [3.8, 4) is 0 Å². The van der Waals surface area contributed by atoms with Crippen LogP contribution < -0.4 is 9.62 Å². The van der Waals surface area contributed by atoms with Gasteiger partial charge in [0.1, 0.15) is 6.54 Å². The van der Waals surface area contributed by atoms with Crippen molar-refractivity contribution >= 4 is 43.9 Å². The van der Waals surface area contributed by atoms with Gasteiger partial charge in [0.15, 0.2) is 5.78 Å². The normalized spacial score (nSPS) is 14.3. The summed E-state index contributed by atoms with van der Waals surface area (Å²) in [5, 5.41) is 4.11. The van der Waals surface area contributed by atoms with Crippen LogP contribution in [-0.2, 0) is 14.8 Å². The van der Waals surface area contributed by atoms with Crippen molar-refractivity contribution in [3.05, 3.63) is 66.2 Å². The monoisotopic (exact) mass is 380 g/mol. The minimum atomic E-state index is -3.79. The van der Waals surface area contributed by atoms with Crippen LogP contribution in [0.3, 0.4) is 0 Å². The Kier molecular flexibility index (Phi) is 3.96. The van der Waals surface area contributed by atoms with Crippen LogP contribution in [0.4, 0.5) is 11.4 Å². The summed E-state index contributed by atoms with van der Waals surface area (Å²) >= 11 is 0. The summed E-state index contributed by atoms with van der Waals surface area (Å²) in [5.41, 5.74) is 1.41. The zero-order valence-electron chi connectivity index (χ0n) is 14.5. The van der Waals surface area contributed by atoms with Crippen LogP contribution in [0.25, 0.3) is 10.8 Å². The molecule has 0 saturated heterocycles. The van der Waals surface area contributed by atoms with Gasteiger partial charge in [0.05, 0.1) is 10.6 Å². The summed E-state index contributed by atoms with van der Waals surface area (Å²) in [6, 6.07) is 16.9. The Labute approximate surface area is 156 Å². The summed E-state index contributed by atoms with van der Waals surface area (Å²) in [5.74, 6) is -0.598. The fourth-order valence-corrected chi connectivity index (χ4v) is 4.94. The molecule has 0 spiro atoms. The molecule has 4 rings (SSSR count). The number of rotatable bonds is 4. The Bertz CT molecular complexity index is 1200. The smallest absolute Gasteiger partial charge is 0.265 e. The SMILES string of the molecule is CC(=O)c1cccc(NC(=O)CN2c3cccc4cccc(c34)S2(=O)=O)c1. The molecule has 3 aromatic rings. The number of Topliss-reactive ketones (excluding diaryl/α,β-unsaturated/α-hetero) is 1. The van der Waals surface area contributed by atoms with Gasteiger partial charge in [-0.15, -0.1) is 0 Å². The Morgan fingerprint density at radius 3 is 2.44 bits per heavy atom. The molecule has 0 atom stereocenters. The molecular weight excluding hydrogens is 364 g/mol. The molecule has 1 aliphatic rings. The number of hydrogen-bond acceptors (Lipinski definition) is 4. The van der Waals surface area contributed by atoms with E-state index in [1.165, 1.54) is 6.92 Å². The van der Waals surface area contributed by atoms with E-state index in [-0.39, 0.29) is 17.2 Å². The second kappa shape index (κ2) is 6.21. The van der Waals surface area contributed by atoms with Crippen molar-refractivity contribution in [3.63, 3.8) is 0 Å². The van der Waals surface area contributed by atoms with Crippen LogP contribution in [-0.4, -0.2) is 26.7 Å². The van der Waals surface area contributed by atoms with Crippen molar-refractivity contribution in [1.82, 2.24) is 0 Å². The zero-order valence-corrected chi connectivity index (χ0v) is 15.3. The quantitative estimate of drug-likeness (QED) is 0.705. The zero-order chi connectivity index (χ0) is 19.2. The summed E-state index contributed by atoms with van der Waals surface area (Å²) < 4.78 is 26.9. The third-order valence-electron chi connectivity index (χ3n) is 4.52. The van der Waals surface area contributed by atoms with E-state index in [0.29, 0.717) is 22.3 Å². The predicted octanol–water partition coefficient (Wildman–Crippen LogP) is 3.19. The maximum Gasteiger partial charge on any atom is 0.265 e. The van der Waals surface area contributed by atoms with Crippen LogP contribution in [0.1, 0.15) is 17.3 Å². The molecule has 0 radical (unpaired) electrons. The summed E-state index contributed by atoms with van der Waals surface area (Å²) in [6.45, 7) is 1.09. The van der Waals surface area contributed by atoms with Crippen molar-refractivity contribution in [2.75, 3.05) is 16.2 Å². The first-order chi connectivity index (χ1) is 12.9. The largest absolute Gasteiger partial charge is 0.324 e. The first-order valence-electron chi connectivity index (χ1n) is 8.33. The number of nitrogens with zero attached hydrogens (tertiary/aromatic N) is 1. The minimum absolute atomic E-state index is 0.115. The van der Waals surface area contributed by atoms with E-state index < -0.39 is 15.9 Å². The number of anilines is 2. The molecule has 136 valence electrons. The second-order valence-electron chi connectivity index (χ2n) is 6.33. The highest BCUT2D eigenvalue weighted by Crippen LogP contribution is 2.41. The van der Waals surface area contributed by atoms with Gasteiger partial charge in [-0.05, 0) is 36.6 Å². The molecule has 6 nitrogen and oxygen atoms in total. The highest BCUT2D eigenvalue weighted by molar-refractivity contribution is 7.93. The van der Waals surface area contributed by atoms with E-state index in [4.69, 9.17) is 0 Å². The molecule has 3 aromatic carbocycles. The Morgan fingerprint density at radius 2 is 1.70 bits per heavy atom. The van der Waals surface area contributed by atoms with Crippen LogP contribution >= 0.6 is 0 Å². The van der Waals surface area contributed by atoms with E-state index in [1.54, 1.807) is 48.5 Å². The molecule has 7 heteroatoms. The number of amides is 1. The molecule has 0 bridgehead atoms. The molecule has 0 aliphatic carbocycles. The van der Waals surface area contributed by atoms with E-state index >= 15 is 0 Å². The predicted molar refractivity (Wildman–Crippen MR) is 104 cm³/mol. The number of benzene rings is 3. The van der Waals surface area contributed by atoms with Gasteiger partial charge in [0, 0.05) is 16.6 Å². The van der Waals surface area contributed by atoms with Crippen molar-refractivity contribution in [2.24, 2.45) is 0 Å². The van der Waals surface area contributed by atoms with Crippen LogP contribution in [0.2, 0.25) is 0 Å². The molecule has 1 amide bonds. The number of nitrogens with one attached hydrogen (secondary N) is 1. The average molecular weight is 380 g/mol. The average Bonchev–Trinajstić information content (AvgIpc) is 2.85. The van der Waals surface area contributed by atoms with Gasteiger partial charge in [-0.1, -0.05) is 36.4 Å². The van der Waals surface area contributed by atoms with E-state index in [0.717, 1.165) is 9.69 Å². The summed E-state index contributed by atoms with van der Waals surface area (Å²) in [6.07, 6.45) is 0. The number of carbonyl (C=O) groups is 2. The molecule has 1 aliphatic heterocycles. The van der Waals surface area contributed by atoms with E-state index in [1.807, 2.05) is 12.1 Å². The molecule has 27 heavy (non-hydrogen) atoms. The third-order valence-corrected chi connectivity index (χ3v) is 6.32. The number of ketones is 1. The van der Waals surface area contributed by atoms with Crippen molar-refractivity contribution < 1.29 is 18.0 Å². The van der Waals surface area contributed by atoms with E-state index in [2.05, 4.69) is 5.32 Å². The molecule has 1 N–H and O–H groups in total. The first-order valence-corrected chi connectivity index (χ1v) is 9.77. The fraction of sp³-hybridized carbons (Fsp3) is 0.100. The number of hydrogen-bond donors (Lipinski definition) is 1. The lowest BCUT2D eigenvalue weighted by atomic mass is 10.1. The van der Waals surface area contributed by atoms with Gasteiger partial charge in [-0.25, -0.2) is 8.42 Å². The molecule has 0 fully saturated rings. The van der Waals surface area contributed by atoms with Gasteiger partial charge < -0.3 is 5.32 Å². The lowest BCUT2D eigenvalue weighted by Crippen LogP contribution is -2.35. The van der Waals surface area contributed by atoms with Crippen LogP contribution in [0.5, 0.6) is 0 Å². The second-order valence-corrected chi connectivity index (χ2v) is 8.16. The van der Waals surface area contributed by atoms with Gasteiger partial charge in [-0.2, -0.15) is 0 Å². The molecule has 0 saturated carbocycles. The maximum atomic E-state index is 12.9. The summed E-state index contributed by atoms with van der Waals surface area (Å²) in [4.78, 5) is 24.2. The minimum Gasteiger partial charge on any atom is -0.324 e. The number of carbonyl (C=O) groups excluding carboxylic acids is 2. The van der Waals surface area contributed by atoms with Gasteiger partial charge in [0.25, 0.3) is 10.0 Å². The molecule has 1 heterocycles. The standard InChI is InChI=1S/C20H16N2O4S/c1-13(23)15-7-2-8-16(11-15)21-19(24)12-22-17-9-3-5-14-6-4-10-18(20(14)17)27(22,25)26/h2-11H,12H2,1H3,(H,21,24). The third kappa shape index (κ3) is 2.86. The highest BCUT2D eigenvalue weighted by atomic mass is 32.2. The van der Waals surface area contributed by atoms with Crippen molar-refractivity contribution in [1.29, 1.82) is 0 Å². The molecule has 0 unspecified atom stereocenters. The van der Waals surface area contributed by atoms with Gasteiger partial charge in [-0.3, -0.25) is 13.9 Å².